The molecule has 0 spiro atoms. The minimum Gasteiger partial charge on any atom is -0.370 e. The van der Waals surface area contributed by atoms with Crippen LogP contribution >= 0.6 is 0 Å². The lowest BCUT2D eigenvalue weighted by Crippen LogP contribution is -2.19. The Morgan fingerprint density at radius 1 is 1.42 bits per heavy atom. The third-order valence-corrected chi connectivity index (χ3v) is 3.18. The summed E-state index contributed by atoms with van der Waals surface area (Å²) in [6.07, 6.45) is -2.14. The van der Waals surface area contributed by atoms with Crippen molar-refractivity contribution in [3.05, 3.63) is 11.8 Å². The van der Waals surface area contributed by atoms with Crippen molar-refractivity contribution in [2.75, 3.05) is 17.3 Å². The van der Waals surface area contributed by atoms with E-state index in [1.165, 1.54) is 12.8 Å². The van der Waals surface area contributed by atoms with Crippen LogP contribution in [0.2, 0.25) is 0 Å². The highest BCUT2D eigenvalue weighted by Crippen LogP contribution is 2.36. The Labute approximate surface area is 108 Å². The van der Waals surface area contributed by atoms with E-state index in [1.807, 2.05) is 5.43 Å². The second kappa shape index (κ2) is 5.20. The molecule has 1 aromatic heterocycles. The van der Waals surface area contributed by atoms with Crippen LogP contribution in [0.4, 0.5) is 24.9 Å². The van der Waals surface area contributed by atoms with Crippen molar-refractivity contribution >= 4 is 11.8 Å². The van der Waals surface area contributed by atoms with Crippen LogP contribution in [-0.2, 0) is 6.18 Å². The van der Waals surface area contributed by atoms with E-state index in [-0.39, 0.29) is 11.8 Å². The number of anilines is 2. The summed E-state index contributed by atoms with van der Waals surface area (Å²) in [4.78, 5) is 7.14. The standard InChI is InChI=1S/C11H16F3N5/c1-6(7-2-3-7)5-16-9-4-8(11(12,13)14)17-10(18-9)19-15/h4,6-7H,2-3,5,15H2,1H3,(H2,16,17,18,19). The van der Waals surface area contributed by atoms with E-state index in [1.54, 1.807) is 0 Å². The molecule has 0 saturated heterocycles. The number of hydrazine groups is 1. The van der Waals surface area contributed by atoms with Gasteiger partial charge in [0.1, 0.15) is 5.82 Å². The molecular formula is C11H16F3N5. The highest BCUT2D eigenvalue weighted by atomic mass is 19.4. The zero-order valence-electron chi connectivity index (χ0n) is 10.5. The van der Waals surface area contributed by atoms with Crippen LogP contribution in [0.3, 0.4) is 0 Å². The molecule has 106 valence electrons. The highest BCUT2D eigenvalue weighted by molar-refractivity contribution is 5.42. The Hall–Kier alpha value is -1.57. The van der Waals surface area contributed by atoms with E-state index in [9.17, 15) is 13.2 Å². The van der Waals surface area contributed by atoms with Gasteiger partial charge < -0.3 is 5.32 Å². The fourth-order valence-corrected chi connectivity index (χ4v) is 1.85. The van der Waals surface area contributed by atoms with Gasteiger partial charge in [-0.15, -0.1) is 0 Å². The molecule has 19 heavy (non-hydrogen) atoms. The lowest BCUT2D eigenvalue weighted by atomic mass is 10.1. The maximum Gasteiger partial charge on any atom is 0.433 e. The van der Waals surface area contributed by atoms with Crippen LogP contribution in [-0.4, -0.2) is 16.5 Å². The Bertz CT molecular complexity index is 444. The fraction of sp³-hybridized carbons (Fsp3) is 0.636. The van der Waals surface area contributed by atoms with Gasteiger partial charge in [-0.2, -0.15) is 18.2 Å². The largest absolute Gasteiger partial charge is 0.433 e. The van der Waals surface area contributed by atoms with Gasteiger partial charge in [-0.25, -0.2) is 10.8 Å². The summed E-state index contributed by atoms with van der Waals surface area (Å²) in [6.45, 7) is 2.65. The minimum atomic E-state index is -4.52. The molecule has 1 heterocycles. The first kappa shape index (κ1) is 13.9. The summed E-state index contributed by atoms with van der Waals surface area (Å²) in [6, 6.07) is 0.889. The number of nitrogen functional groups attached to an aromatic ring is 1. The second-order valence-corrected chi connectivity index (χ2v) is 4.80. The normalized spacial score (nSPS) is 17.1. The first-order valence-corrected chi connectivity index (χ1v) is 6.07. The molecule has 0 aliphatic heterocycles. The average Bonchev–Trinajstić information content (AvgIpc) is 3.18. The molecule has 1 aromatic rings. The molecule has 1 atom stereocenters. The Morgan fingerprint density at radius 3 is 2.63 bits per heavy atom. The number of nitrogens with one attached hydrogen (secondary N) is 2. The molecule has 2 rings (SSSR count). The van der Waals surface area contributed by atoms with Crippen molar-refractivity contribution in [1.29, 1.82) is 0 Å². The third-order valence-electron chi connectivity index (χ3n) is 3.18. The lowest BCUT2D eigenvalue weighted by molar-refractivity contribution is -0.141. The Balaban J connectivity index is 2.09. The summed E-state index contributed by atoms with van der Waals surface area (Å²) in [5, 5.41) is 2.91. The summed E-state index contributed by atoms with van der Waals surface area (Å²) in [7, 11) is 0. The first-order chi connectivity index (χ1) is 8.90. The van der Waals surface area contributed by atoms with Crippen molar-refractivity contribution in [1.82, 2.24) is 9.97 Å². The van der Waals surface area contributed by atoms with Gasteiger partial charge in [0.2, 0.25) is 5.95 Å². The number of nitrogens with zero attached hydrogens (tertiary/aromatic N) is 2. The van der Waals surface area contributed by atoms with Crippen LogP contribution in [0.1, 0.15) is 25.5 Å². The maximum atomic E-state index is 12.6. The smallest absolute Gasteiger partial charge is 0.370 e. The summed E-state index contributed by atoms with van der Waals surface area (Å²) in [5.41, 5.74) is 1.02. The molecule has 0 amide bonds. The van der Waals surface area contributed by atoms with Crippen LogP contribution in [0, 0.1) is 11.8 Å². The second-order valence-electron chi connectivity index (χ2n) is 4.80. The molecule has 1 saturated carbocycles. The molecule has 0 bridgehead atoms. The van der Waals surface area contributed by atoms with E-state index < -0.39 is 11.9 Å². The maximum absolute atomic E-state index is 12.6. The van der Waals surface area contributed by atoms with Gasteiger partial charge in [-0.1, -0.05) is 6.92 Å². The number of hydrogen-bond donors (Lipinski definition) is 3. The molecule has 1 unspecified atom stereocenters. The first-order valence-electron chi connectivity index (χ1n) is 6.07. The lowest BCUT2D eigenvalue weighted by Gasteiger charge is -2.14. The predicted molar refractivity (Wildman–Crippen MR) is 65.2 cm³/mol. The average molecular weight is 275 g/mol. The van der Waals surface area contributed by atoms with Crippen LogP contribution < -0.4 is 16.6 Å². The van der Waals surface area contributed by atoms with Gasteiger partial charge in [0.25, 0.3) is 0 Å². The van der Waals surface area contributed by atoms with Crippen LogP contribution in [0.15, 0.2) is 6.07 Å². The van der Waals surface area contributed by atoms with E-state index in [2.05, 4.69) is 22.2 Å². The number of rotatable bonds is 5. The highest BCUT2D eigenvalue weighted by Gasteiger charge is 2.34. The van der Waals surface area contributed by atoms with Crippen molar-refractivity contribution in [3.63, 3.8) is 0 Å². The number of hydrogen-bond acceptors (Lipinski definition) is 5. The van der Waals surface area contributed by atoms with Gasteiger partial charge in [-0.3, -0.25) is 5.43 Å². The van der Waals surface area contributed by atoms with Crippen molar-refractivity contribution in [3.8, 4) is 0 Å². The molecule has 1 aliphatic rings. The van der Waals surface area contributed by atoms with Gasteiger partial charge in [0, 0.05) is 12.6 Å². The van der Waals surface area contributed by atoms with E-state index >= 15 is 0 Å². The van der Waals surface area contributed by atoms with E-state index in [0.29, 0.717) is 18.4 Å². The third kappa shape index (κ3) is 3.69. The molecule has 1 aliphatic carbocycles. The molecule has 5 nitrogen and oxygen atoms in total. The summed E-state index contributed by atoms with van der Waals surface area (Å²) >= 11 is 0. The zero-order chi connectivity index (χ0) is 14.0. The van der Waals surface area contributed by atoms with Gasteiger partial charge in [0.05, 0.1) is 0 Å². The minimum absolute atomic E-state index is 0.128. The molecule has 4 N–H and O–H groups in total. The number of nitrogens with two attached hydrogens (primary N) is 1. The fourth-order valence-electron chi connectivity index (χ4n) is 1.85. The Kier molecular flexibility index (Phi) is 3.79. The van der Waals surface area contributed by atoms with Crippen molar-refractivity contribution in [2.24, 2.45) is 17.7 Å². The number of aromatic nitrogens is 2. The number of halogens is 3. The van der Waals surface area contributed by atoms with Crippen LogP contribution in [0.5, 0.6) is 0 Å². The molecule has 0 aromatic carbocycles. The quantitative estimate of drug-likeness (QED) is 0.567. The van der Waals surface area contributed by atoms with Crippen molar-refractivity contribution < 1.29 is 13.2 Å². The van der Waals surface area contributed by atoms with Gasteiger partial charge in [0.15, 0.2) is 5.69 Å². The predicted octanol–water partition coefficient (Wildman–Crippen LogP) is 2.24. The van der Waals surface area contributed by atoms with Gasteiger partial charge in [-0.05, 0) is 24.7 Å². The zero-order valence-corrected chi connectivity index (χ0v) is 10.5. The van der Waals surface area contributed by atoms with Gasteiger partial charge >= 0.3 is 6.18 Å². The molecule has 1 fully saturated rings. The summed E-state index contributed by atoms with van der Waals surface area (Å²) in [5.74, 6) is 6.03. The van der Waals surface area contributed by atoms with E-state index in [0.717, 1.165) is 6.07 Å². The SMILES string of the molecule is CC(CNc1cc(C(F)(F)F)nc(NN)n1)C1CC1. The van der Waals surface area contributed by atoms with E-state index in [4.69, 9.17) is 5.84 Å². The molecular weight excluding hydrogens is 259 g/mol. The van der Waals surface area contributed by atoms with Crippen molar-refractivity contribution in [2.45, 2.75) is 25.9 Å². The molecule has 0 radical (unpaired) electrons. The number of alkyl halides is 3. The monoisotopic (exact) mass is 275 g/mol. The summed E-state index contributed by atoms with van der Waals surface area (Å²) < 4.78 is 37.9. The topological polar surface area (TPSA) is 75.9 Å². The molecule has 8 heteroatoms. The Morgan fingerprint density at radius 2 is 2.11 bits per heavy atom. The van der Waals surface area contributed by atoms with Crippen LogP contribution in [0.25, 0.3) is 0 Å².